The average Bonchev–Trinajstić information content (AvgIpc) is 2.92. The molecule has 0 saturated carbocycles. The number of aryl methyl sites for hydroxylation is 1. The summed E-state index contributed by atoms with van der Waals surface area (Å²) < 4.78 is 5.66. The highest BCUT2D eigenvalue weighted by atomic mass is 35.5. The third kappa shape index (κ3) is 2.69. The molecule has 3 aromatic rings. The van der Waals surface area contributed by atoms with Crippen molar-refractivity contribution in [1.82, 2.24) is 5.32 Å². The molecule has 0 aliphatic carbocycles. The van der Waals surface area contributed by atoms with E-state index in [-0.39, 0.29) is 6.04 Å². The Morgan fingerprint density at radius 2 is 1.90 bits per heavy atom. The normalized spacial score (nSPS) is 12.7. The summed E-state index contributed by atoms with van der Waals surface area (Å²) in [4.78, 5) is 0. The first-order chi connectivity index (χ1) is 10.2. The van der Waals surface area contributed by atoms with Crippen molar-refractivity contribution in [3.8, 4) is 0 Å². The van der Waals surface area contributed by atoms with Crippen LogP contribution in [0.15, 0.2) is 52.9 Å². The number of fused-ring (bicyclic) bond motifs is 1. The summed E-state index contributed by atoms with van der Waals surface area (Å²) in [5.41, 5.74) is 2.49. The molecule has 0 saturated heterocycles. The molecule has 2 aromatic carbocycles. The van der Waals surface area contributed by atoms with E-state index >= 15 is 0 Å². The van der Waals surface area contributed by atoms with Gasteiger partial charge in [-0.2, -0.15) is 0 Å². The van der Waals surface area contributed by atoms with Crippen molar-refractivity contribution < 1.29 is 4.42 Å². The van der Waals surface area contributed by atoms with Gasteiger partial charge in [-0.1, -0.05) is 43.3 Å². The first-order valence-electron chi connectivity index (χ1n) is 7.17. The maximum absolute atomic E-state index is 5.96. The van der Waals surface area contributed by atoms with Crippen LogP contribution in [0.2, 0.25) is 5.22 Å². The molecule has 21 heavy (non-hydrogen) atoms. The van der Waals surface area contributed by atoms with E-state index in [1.54, 1.807) is 6.07 Å². The molecule has 1 N–H and O–H groups in total. The van der Waals surface area contributed by atoms with Crippen LogP contribution in [-0.2, 0) is 0 Å². The second-order valence-corrected chi connectivity index (χ2v) is 5.52. The number of benzene rings is 2. The zero-order chi connectivity index (χ0) is 14.8. The summed E-state index contributed by atoms with van der Waals surface area (Å²) in [6.07, 6.45) is 0. The van der Waals surface area contributed by atoms with Crippen LogP contribution in [0, 0.1) is 6.92 Å². The number of halogens is 1. The van der Waals surface area contributed by atoms with E-state index in [1.165, 1.54) is 21.9 Å². The van der Waals surface area contributed by atoms with Gasteiger partial charge in [-0.15, -0.1) is 0 Å². The quantitative estimate of drug-likeness (QED) is 0.725. The Bertz CT molecular complexity index is 763. The van der Waals surface area contributed by atoms with Crippen molar-refractivity contribution >= 4 is 22.4 Å². The Morgan fingerprint density at radius 3 is 2.62 bits per heavy atom. The van der Waals surface area contributed by atoms with Crippen LogP contribution in [0.5, 0.6) is 0 Å². The van der Waals surface area contributed by atoms with E-state index in [2.05, 4.69) is 55.6 Å². The molecular weight excluding hydrogens is 282 g/mol. The van der Waals surface area contributed by atoms with Gasteiger partial charge in [-0.3, -0.25) is 0 Å². The van der Waals surface area contributed by atoms with Crippen molar-refractivity contribution in [3.05, 3.63) is 70.6 Å². The fourth-order valence-corrected chi connectivity index (χ4v) is 2.97. The van der Waals surface area contributed by atoms with Crippen LogP contribution in [0.1, 0.15) is 29.9 Å². The highest BCUT2D eigenvalue weighted by Crippen LogP contribution is 2.33. The van der Waals surface area contributed by atoms with Crippen LogP contribution in [0.25, 0.3) is 10.8 Å². The van der Waals surface area contributed by atoms with Crippen molar-refractivity contribution in [2.75, 3.05) is 6.54 Å². The molecule has 1 heterocycles. The minimum Gasteiger partial charge on any atom is -0.448 e. The lowest BCUT2D eigenvalue weighted by molar-refractivity contribution is 0.454. The average molecular weight is 300 g/mol. The van der Waals surface area contributed by atoms with E-state index in [9.17, 15) is 0 Å². The molecule has 0 fully saturated rings. The molecule has 0 bridgehead atoms. The Morgan fingerprint density at radius 1 is 1.10 bits per heavy atom. The van der Waals surface area contributed by atoms with Gasteiger partial charge in [-0.05, 0) is 59.1 Å². The summed E-state index contributed by atoms with van der Waals surface area (Å²) >= 11 is 5.96. The first kappa shape index (κ1) is 14.2. The highest BCUT2D eigenvalue weighted by Gasteiger charge is 2.21. The molecule has 0 aliphatic rings. The van der Waals surface area contributed by atoms with E-state index in [0.29, 0.717) is 5.22 Å². The van der Waals surface area contributed by atoms with Gasteiger partial charge in [0.15, 0.2) is 5.22 Å². The molecule has 1 aromatic heterocycles. The smallest absolute Gasteiger partial charge is 0.193 e. The summed E-state index contributed by atoms with van der Waals surface area (Å²) in [5, 5.41) is 6.41. The Balaban J connectivity index is 2.21. The third-order valence-electron chi connectivity index (χ3n) is 3.76. The molecule has 0 amide bonds. The van der Waals surface area contributed by atoms with Crippen molar-refractivity contribution in [3.63, 3.8) is 0 Å². The molecule has 3 rings (SSSR count). The maximum Gasteiger partial charge on any atom is 0.193 e. The predicted molar refractivity (Wildman–Crippen MR) is 87.9 cm³/mol. The molecule has 1 atom stereocenters. The lowest BCUT2D eigenvalue weighted by atomic mass is 9.93. The second kappa shape index (κ2) is 5.92. The van der Waals surface area contributed by atoms with Gasteiger partial charge in [0.05, 0.1) is 6.04 Å². The Labute approximate surface area is 129 Å². The molecule has 108 valence electrons. The fraction of sp³-hybridized carbons (Fsp3) is 0.222. The molecule has 1 unspecified atom stereocenters. The largest absolute Gasteiger partial charge is 0.448 e. The van der Waals surface area contributed by atoms with Crippen LogP contribution in [0.3, 0.4) is 0 Å². The number of hydrogen-bond donors (Lipinski definition) is 1. The number of furan rings is 1. The maximum atomic E-state index is 5.96. The van der Waals surface area contributed by atoms with Gasteiger partial charge in [0.25, 0.3) is 0 Å². The highest BCUT2D eigenvalue weighted by molar-refractivity contribution is 6.28. The van der Waals surface area contributed by atoms with Gasteiger partial charge in [0.2, 0.25) is 0 Å². The zero-order valence-corrected chi connectivity index (χ0v) is 12.9. The minimum absolute atomic E-state index is 0.00796. The molecule has 0 radical (unpaired) electrons. The van der Waals surface area contributed by atoms with Gasteiger partial charge in [-0.25, -0.2) is 0 Å². The summed E-state index contributed by atoms with van der Waals surface area (Å²) in [7, 11) is 0. The van der Waals surface area contributed by atoms with E-state index in [1.807, 2.05) is 6.07 Å². The summed E-state index contributed by atoms with van der Waals surface area (Å²) in [6.45, 7) is 5.08. The summed E-state index contributed by atoms with van der Waals surface area (Å²) in [6, 6.07) is 16.5. The monoisotopic (exact) mass is 299 g/mol. The van der Waals surface area contributed by atoms with E-state index in [4.69, 9.17) is 16.0 Å². The van der Waals surface area contributed by atoms with Gasteiger partial charge >= 0.3 is 0 Å². The van der Waals surface area contributed by atoms with E-state index < -0.39 is 0 Å². The lowest BCUT2D eigenvalue weighted by Crippen LogP contribution is -2.22. The van der Waals surface area contributed by atoms with Crippen molar-refractivity contribution in [2.24, 2.45) is 0 Å². The molecule has 2 nitrogen and oxygen atoms in total. The van der Waals surface area contributed by atoms with E-state index in [0.717, 1.165) is 12.3 Å². The van der Waals surface area contributed by atoms with Crippen LogP contribution in [0.4, 0.5) is 0 Å². The van der Waals surface area contributed by atoms with Crippen LogP contribution >= 0.6 is 11.6 Å². The fourth-order valence-electron chi connectivity index (χ4n) is 2.82. The zero-order valence-electron chi connectivity index (χ0n) is 12.2. The third-order valence-corrected chi connectivity index (χ3v) is 3.97. The van der Waals surface area contributed by atoms with Crippen molar-refractivity contribution in [2.45, 2.75) is 19.9 Å². The molecule has 0 aliphatic heterocycles. The molecular formula is C18H18ClNO. The van der Waals surface area contributed by atoms with Gasteiger partial charge in [0.1, 0.15) is 5.76 Å². The number of hydrogen-bond acceptors (Lipinski definition) is 2. The standard InChI is InChI=1S/C18H18ClNO/c1-3-20-18(15-10-11-16(19)21-15)17-12(2)8-9-13-6-4-5-7-14(13)17/h4-11,18,20H,3H2,1-2H3. The minimum atomic E-state index is 0.00796. The predicted octanol–water partition coefficient (Wildman–Crippen LogP) is 5.09. The Hall–Kier alpha value is -1.77. The van der Waals surface area contributed by atoms with Gasteiger partial charge < -0.3 is 9.73 Å². The SMILES string of the molecule is CCNC(c1ccc(Cl)o1)c1c(C)ccc2ccccc12. The number of nitrogens with one attached hydrogen (secondary N) is 1. The van der Waals surface area contributed by atoms with Gasteiger partial charge in [0, 0.05) is 0 Å². The summed E-state index contributed by atoms with van der Waals surface area (Å²) in [5.74, 6) is 0.848. The second-order valence-electron chi connectivity index (χ2n) is 5.15. The molecule has 0 spiro atoms. The molecule has 3 heteroatoms. The van der Waals surface area contributed by atoms with Crippen molar-refractivity contribution in [1.29, 1.82) is 0 Å². The number of rotatable bonds is 4. The van der Waals surface area contributed by atoms with Crippen LogP contribution in [-0.4, -0.2) is 6.54 Å². The topological polar surface area (TPSA) is 25.2 Å². The Kier molecular flexibility index (Phi) is 4.00. The lowest BCUT2D eigenvalue weighted by Gasteiger charge is -2.20. The van der Waals surface area contributed by atoms with Crippen LogP contribution < -0.4 is 5.32 Å². The first-order valence-corrected chi connectivity index (χ1v) is 7.55.